The van der Waals surface area contributed by atoms with Crippen molar-refractivity contribution in [3.63, 3.8) is 0 Å². The Morgan fingerprint density at radius 1 is 1.22 bits per heavy atom. The van der Waals surface area contributed by atoms with E-state index in [0.29, 0.717) is 0 Å². The number of carbonyl (C=O) groups is 1. The van der Waals surface area contributed by atoms with Crippen LogP contribution < -0.4 is 0 Å². The minimum atomic E-state index is -0.712. The standard InChI is InChI=1S/C16H22O2/c1-16(2,15(17)18)13-9-4-3-6-10-14-11-7-5-8-12-14/h3,5-8,11-12H,4,9-10,13H2,1-2H3,(H,17,18)/b6-3+. The average Bonchev–Trinajstić information content (AvgIpc) is 2.34. The van der Waals surface area contributed by atoms with Crippen molar-refractivity contribution in [3.05, 3.63) is 48.0 Å². The molecule has 0 fully saturated rings. The Balaban J connectivity index is 2.21. The third-order valence-corrected chi connectivity index (χ3v) is 3.11. The number of hydrogen-bond acceptors (Lipinski definition) is 1. The van der Waals surface area contributed by atoms with Gasteiger partial charge in [0.25, 0.3) is 0 Å². The molecule has 0 saturated heterocycles. The number of allylic oxidation sites excluding steroid dienone is 2. The molecule has 0 aliphatic carbocycles. The van der Waals surface area contributed by atoms with Gasteiger partial charge < -0.3 is 5.11 Å². The zero-order valence-electron chi connectivity index (χ0n) is 11.2. The molecule has 0 bridgehead atoms. The van der Waals surface area contributed by atoms with Crippen molar-refractivity contribution in [3.8, 4) is 0 Å². The van der Waals surface area contributed by atoms with Crippen molar-refractivity contribution in [2.45, 2.75) is 39.5 Å². The summed E-state index contributed by atoms with van der Waals surface area (Å²) in [6.07, 6.45) is 7.84. The summed E-state index contributed by atoms with van der Waals surface area (Å²) in [7, 11) is 0. The fourth-order valence-corrected chi connectivity index (χ4v) is 1.72. The Morgan fingerprint density at radius 3 is 2.50 bits per heavy atom. The van der Waals surface area contributed by atoms with E-state index >= 15 is 0 Å². The molecule has 0 aromatic heterocycles. The Labute approximate surface area is 109 Å². The van der Waals surface area contributed by atoms with E-state index in [1.54, 1.807) is 13.8 Å². The van der Waals surface area contributed by atoms with E-state index in [-0.39, 0.29) is 0 Å². The van der Waals surface area contributed by atoms with Gasteiger partial charge in [-0.3, -0.25) is 4.79 Å². The second-order valence-corrected chi connectivity index (χ2v) is 5.24. The average molecular weight is 246 g/mol. The Morgan fingerprint density at radius 2 is 1.89 bits per heavy atom. The van der Waals surface area contributed by atoms with E-state index in [4.69, 9.17) is 5.11 Å². The minimum Gasteiger partial charge on any atom is -0.481 e. The second kappa shape index (κ2) is 7.00. The molecule has 0 heterocycles. The van der Waals surface area contributed by atoms with E-state index < -0.39 is 11.4 Å². The largest absolute Gasteiger partial charge is 0.481 e. The van der Waals surface area contributed by atoms with E-state index in [9.17, 15) is 4.79 Å². The number of carboxylic acid groups (broad SMARTS) is 1. The lowest BCUT2D eigenvalue weighted by Gasteiger charge is -2.17. The van der Waals surface area contributed by atoms with Crippen LogP contribution in [0.4, 0.5) is 0 Å². The highest BCUT2D eigenvalue weighted by Gasteiger charge is 2.25. The van der Waals surface area contributed by atoms with Crippen LogP contribution in [0.3, 0.4) is 0 Å². The molecule has 0 aliphatic rings. The molecule has 0 radical (unpaired) electrons. The maximum Gasteiger partial charge on any atom is 0.309 e. The third-order valence-electron chi connectivity index (χ3n) is 3.11. The Bertz CT molecular complexity index is 391. The van der Waals surface area contributed by atoms with Crippen molar-refractivity contribution in [1.29, 1.82) is 0 Å². The zero-order chi connectivity index (χ0) is 13.4. The summed E-state index contributed by atoms with van der Waals surface area (Å²) in [6, 6.07) is 10.3. The highest BCUT2D eigenvalue weighted by atomic mass is 16.4. The van der Waals surface area contributed by atoms with Gasteiger partial charge in [0.1, 0.15) is 0 Å². The summed E-state index contributed by atoms with van der Waals surface area (Å²) in [6.45, 7) is 3.56. The van der Waals surface area contributed by atoms with Gasteiger partial charge in [-0.1, -0.05) is 42.5 Å². The van der Waals surface area contributed by atoms with Crippen LogP contribution in [0.25, 0.3) is 0 Å². The maximum absolute atomic E-state index is 10.9. The number of rotatable bonds is 7. The summed E-state index contributed by atoms with van der Waals surface area (Å²) in [5.41, 5.74) is 0.701. The van der Waals surface area contributed by atoms with Crippen molar-refractivity contribution in [2.75, 3.05) is 0 Å². The van der Waals surface area contributed by atoms with Crippen LogP contribution in [-0.4, -0.2) is 11.1 Å². The van der Waals surface area contributed by atoms with Crippen molar-refractivity contribution >= 4 is 5.97 Å². The molecule has 0 aliphatic heterocycles. The predicted octanol–water partition coefficient (Wildman–Crippen LogP) is 4.07. The first-order chi connectivity index (χ1) is 8.52. The van der Waals surface area contributed by atoms with E-state index in [0.717, 1.165) is 25.7 Å². The number of benzene rings is 1. The van der Waals surface area contributed by atoms with Gasteiger partial charge in [-0.25, -0.2) is 0 Å². The van der Waals surface area contributed by atoms with Crippen LogP contribution in [0.15, 0.2) is 42.5 Å². The number of carboxylic acids is 1. The molecule has 1 rings (SSSR count). The highest BCUT2D eigenvalue weighted by Crippen LogP contribution is 2.23. The minimum absolute atomic E-state index is 0.604. The SMILES string of the molecule is CC(C)(CCC/C=C/Cc1ccccc1)C(=O)O. The molecule has 1 aromatic rings. The normalized spacial score (nSPS) is 11.9. The van der Waals surface area contributed by atoms with Crippen LogP contribution in [0.1, 0.15) is 38.7 Å². The summed E-state index contributed by atoms with van der Waals surface area (Å²) in [5, 5.41) is 8.97. The van der Waals surface area contributed by atoms with Gasteiger partial charge in [-0.15, -0.1) is 0 Å². The molecular formula is C16H22O2. The van der Waals surface area contributed by atoms with Crippen LogP contribution >= 0.6 is 0 Å². The molecule has 98 valence electrons. The molecule has 18 heavy (non-hydrogen) atoms. The Kier molecular flexibility index (Phi) is 5.63. The first-order valence-corrected chi connectivity index (χ1v) is 6.45. The summed E-state index contributed by atoms with van der Waals surface area (Å²) in [4.78, 5) is 10.9. The molecule has 1 N–H and O–H groups in total. The van der Waals surface area contributed by atoms with Gasteiger partial charge in [0.2, 0.25) is 0 Å². The topological polar surface area (TPSA) is 37.3 Å². The number of aliphatic carboxylic acids is 1. The molecule has 0 saturated carbocycles. The fourth-order valence-electron chi connectivity index (χ4n) is 1.72. The van der Waals surface area contributed by atoms with Crippen molar-refractivity contribution in [2.24, 2.45) is 5.41 Å². The molecular weight excluding hydrogens is 224 g/mol. The van der Waals surface area contributed by atoms with Crippen LogP contribution in [0, 0.1) is 5.41 Å². The highest BCUT2D eigenvalue weighted by molar-refractivity contribution is 5.73. The van der Waals surface area contributed by atoms with E-state index in [1.165, 1.54) is 5.56 Å². The molecule has 2 heteroatoms. The first-order valence-electron chi connectivity index (χ1n) is 6.45. The van der Waals surface area contributed by atoms with Gasteiger partial charge in [-0.05, 0) is 45.1 Å². The fraction of sp³-hybridized carbons (Fsp3) is 0.438. The molecule has 0 spiro atoms. The monoisotopic (exact) mass is 246 g/mol. The van der Waals surface area contributed by atoms with Crippen molar-refractivity contribution in [1.82, 2.24) is 0 Å². The molecule has 0 unspecified atom stereocenters. The lowest BCUT2D eigenvalue weighted by Crippen LogP contribution is -2.23. The summed E-state index contributed by atoms with van der Waals surface area (Å²) in [5.74, 6) is -0.712. The third kappa shape index (κ3) is 5.17. The van der Waals surface area contributed by atoms with Crippen LogP contribution in [0.5, 0.6) is 0 Å². The lowest BCUT2D eigenvalue weighted by molar-refractivity contribution is -0.147. The van der Waals surface area contributed by atoms with Crippen molar-refractivity contribution < 1.29 is 9.90 Å². The number of unbranched alkanes of at least 4 members (excludes halogenated alkanes) is 1. The molecule has 1 aromatic carbocycles. The Hall–Kier alpha value is -1.57. The lowest BCUT2D eigenvalue weighted by atomic mass is 9.87. The van der Waals surface area contributed by atoms with Gasteiger partial charge in [0.15, 0.2) is 0 Å². The molecule has 2 nitrogen and oxygen atoms in total. The number of hydrogen-bond donors (Lipinski definition) is 1. The van der Waals surface area contributed by atoms with Gasteiger partial charge in [0.05, 0.1) is 5.41 Å². The maximum atomic E-state index is 10.9. The first kappa shape index (κ1) is 14.5. The second-order valence-electron chi connectivity index (χ2n) is 5.24. The van der Waals surface area contributed by atoms with E-state index in [2.05, 4.69) is 24.3 Å². The molecule has 0 atom stereocenters. The van der Waals surface area contributed by atoms with E-state index in [1.807, 2.05) is 18.2 Å². The summed E-state index contributed by atoms with van der Waals surface area (Å²) >= 11 is 0. The zero-order valence-corrected chi connectivity index (χ0v) is 11.2. The smallest absolute Gasteiger partial charge is 0.309 e. The molecule has 0 amide bonds. The predicted molar refractivity (Wildman–Crippen MR) is 74.6 cm³/mol. The van der Waals surface area contributed by atoms with Gasteiger partial charge >= 0.3 is 5.97 Å². The summed E-state index contributed by atoms with van der Waals surface area (Å²) < 4.78 is 0. The van der Waals surface area contributed by atoms with Gasteiger partial charge in [-0.2, -0.15) is 0 Å². The van der Waals surface area contributed by atoms with Crippen LogP contribution in [-0.2, 0) is 11.2 Å². The van der Waals surface area contributed by atoms with Crippen LogP contribution in [0.2, 0.25) is 0 Å². The van der Waals surface area contributed by atoms with Gasteiger partial charge in [0, 0.05) is 0 Å². The quantitative estimate of drug-likeness (QED) is 0.581.